The van der Waals surface area contributed by atoms with Gasteiger partial charge in [-0.05, 0) is 43.0 Å². The highest BCUT2D eigenvalue weighted by atomic mass is 16.3. The van der Waals surface area contributed by atoms with Gasteiger partial charge >= 0.3 is 0 Å². The maximum Gasteiger partial charge on any atom is 0.287 e. The molecule has 1 atom stereocenters. The molecule has 2 amide bonds. The second-order valence-corrected chi connectivity index (χ2v) is 6.76. The third-order valence-electron chi connectivity index (χ3n) is 4.45. The average molecular weight is 356 g/mol. The molecule has 7 heteroatoms. The van der Waals surface area contributed by atoms with Gasteiger partial charge < -0.3 is 20.0 Å². The number of furan rings is 1. The van der Waals surface area contributed by atoms with E-state index in [0.717, 1.165) is 18.8 Å². The van der Waals surface area contributed by atoms with Crippen LogP contribution in [0.2, 0.25) is 0 Å². The van der Waals surface area contributed by atoms with Crippen LogP contribution in [-0.2, 0) is 4.79 Å². The zero-order valence-electron chi connectivity index (χ0n) is 15.1. The van der Waals surface area contributed by atoms with Gasteiger partial charge in [0.2, 0.25) is 5.91 Å². The highest BCUT2D eigenvalue weighted by Crippen LogP contribution is 2.20. The molecule has 2 aromatic heterocycles. The summed E-state index contributed by atoms with van der Waals surface area (Å²) in [6, 6.07) is 6.25. The van der Waals surface area contributed by atoms with E-state index in [9.17, 15) is 9.59 Å². The fraction of sp³-hybridized carbons (Fsp3) is 0.421. The maximum atomic E-state index is 12.6. The molecule has 26 heavy (non-hydrogen) atoms. The Labute approximate surface area is 152 Å². The fourth-order valence-corrected chi connectivity index (χ4v) is 2.98. The van der Waals surface area contributed by atoms with Crippen LogP contribution in [0, 0.1) is 5.92 Å². The van der Waals surface area contributed by atoms with Gasteiger partial charge in [0.15, 0.2) is 5.76 Å². The number of pyridine rings is 1. The van der Waals surface area contributed by atoms with Gasteiger partial charge in [-0.15, -0.1) is 0 Å². The van der Waals surface area contributed by atoms with Crippen molar-refractivity contribution in [3.05, 3.63) is 42.5 Å². The Balaban J connectivity index is 1.63. The first-order chi connectivity index (χ1) is 12.5. The van der Waals surface area contributed by atoms with Crippen molar-refractivity contribution >= 4 is 23.3 Å². The fourth-order valence-electron chi connectivity index (χ4n) is 2.98. The van der Waals surface area contributed by atoms with E-state index < -0.39 is 11.9 Å². The van der Waals surface area contributed by atoms with E-state index in [1.165, 1.54) is 19.1 Å². The number of rotatable bonds is 6. The molecule has 0 aromatic carbocycles. The minimum atomic E-state index is -0.687. The molecule has 1 unspecified atom stereocenters. The average Bonchev–Trinajstić information content (AvgIpc) is 3.33. The maximum absolute atomic E-state index is 12.6. The summed E-state index contributed by atoms with van der Waals surface area (Å²) in [4.78, 5) is 31.4. The third-order valence-corrected chi connectivity index (χ3v) is 4.45. The van der Waals surface area contributed by atoms with Crippen LogP contribution in [0.5, 0.6) is 0 Å². The van der Waals surface area contributed by atoms with E-state index in [1.807, 2.05) is 19.9 Å². The summed E-state index contributed by atoms with van der Waals surface area (Å²) in [6.07, 6.45) is 5.59. The molecule has 0 aliphatic carbocycles. The molecule has 1 aliphatic rings. The number of hydrogen-bond donors (Lipinski definition) is 2. The second kappa shape index (κ2) is 8.03. The number of carbonyl (C=O) groups excluding carboxylic acids is 2. The Morgan fingerprint density at radius 3 is 2.54 bits per heavy atom. The highest BCUT2D eigenvalue weighted by Gasteiger charge is 2.26. The van der Waals surface area contributed by atoms with Crippen LogP contribution in [0.1, 0.15) is 37.2 Å². The van der Waals surface area contributed by atoms with Crippen LogP contribution in [0.15, 0.2) is 41.1 Å². The summed E-state index contributed by atoms with van der Waals surface area (Å²) in [5.41, 5.74) is 1.06. The Morgan fingerprint density at radius 1 is 1.19 bits per heavy atom. The summed E-state index contributed by atoms with van der Waals surface area (Å²) in [6.45, 7) is 5.83. The number of anilines is 2. The molecule has 1 saturated heterocycles. The summed E-state index contributed by atoms with van der Waals surface area (Å²) < 4.78 is 5.08. The molecular weight excluding hydrogens is 332 g/mol. The molecule has 138 valence electrons. The van der Waals surface area contributed by atoms with E-state index >= 15 is 0 Å². The van der Waals surface area contributed by atoms with Crippen LogP contribution in [0.3, 0.4) is 0 Å². The molecule has 0 spiro atoms. The second-order valence-electron chi connectivity index (χ2n) is 6.76. The highest BCUT2D eigenvalue weighted by molar-refractivity contribution is 5.99. The van der Waals surface area contributed by atoms with Crippen LogP contribution in [0.4, 0.5) is 11.5 Å². The first kappa shape index (κ1) is 18.0. The molecule has 0 saturated carbocycles. The Kier molecular flexibility index (Phi) is 5.55. The first-order valence-corrected chi connectivity index (χ1v) is 8.91. The molecule has 3 heterocycles. The lowest BCUT2D eigenvalue weighted by Gasteiger charge is -2.21. The summed E-state index contributed by atoms with van der Waals surface area (Å²) in [5, 5.41) is 5.49. The Morgan fingerprint density at radius 2 is 1.96 bits per heavy atom. The number of nitrogens with zero attached hydrogens (tertiary/aromatic N) is 2. The standard InChI is InChI=1S/C19H24N4O3/c1-13(2)17(22-18(24)15-6-5-11-26-15)19(25)21-16-8-7-14(12-20-16)23-9-3-4-10-23/h5-8,11-13,17H,3-4,9-10H2,1-2H3,(H,22,24)(H,20,21,25). The predicted octanol–water partition coefficient (Wildman–Crippen LogP) is 2.67. The SMILES string of the molecule is CC(C)C(NC(=O)c1ccco1)C(=O)Nc1ccc(N2CCCC2)cn1. The van der Waals surface area contributed by atoms with Gasteiger partial charge in [-0.25, -0.2) is 4.98 Å². The molecule has 7 nitrogen and oxygen atoms in total. The summed E-state index contributed by atoms with van der Waals surface area (Å²) >= 11 is 0. The van der Waals surface area contributed by atoms with Crippen molar-refractivity contribution in [2.24, 2.45) is 5.92 Å². The number of aromatic nitrogens is 1. The number of hydrogen-bond acceptors (Lipinski definition) is 5. The molecule has 3 rings (SSSR count). The summed E-state index contributed by atoms with van der Waals surface area (Å²) in [7, 11) is 0. The van der Waals surface area contributed by atoms with Gasteiger partial charge in [0.1, 0.15) is 11.9 Å². The molecule has 0 bridgehead atoms. The van der Waals surface area contributed by atoms with Crippen molar-refractivity contribution in [2.45, 2.75) is 32.7 Å². The van der Waals surface area contributed by atoms with E-state index in [0.29, 0.717) is 5.82 Å². The zero-order valence-corrected chi connectivity index (χ0v) is 15.1. The van der Waals surface area contributed by atoms with Gasteiger partial charge in [0.05, 0.1) is 18.1 Å². The monoisotopic (exact) mass is 356 g/mol. The lowest BCUT2D eigenvalue weighted by molar-refractivity contribution is -0.118. The van der Waals surface area contributed by atoms with E-state index in [2.05, 4.69) is 20.5 Å². The van der Waals surface area contributed by atoms with Gasteiger partial charge in [-0.3, -0.25) is 9.59 Å². The number of amides is 2. The van der Waals surface area contributed by atoms with Crippen molar-refractivity contribution in [1.82, 2.24) is 10.3 Å². The minimum Gasteiger partial charge on any atom is -0.459 e. The lowest BCUT2D eigenvalue weighted by atomic mass is 10.0. The molecular formula is C19H24N4O3. The molecule has 0 radical (unpaired) electrons. The summed E-state index contributed by atoms with van der Waals surface area (Å²) in [5.74, 6) is -0.160. The number of carbonyl (C=O) groups is 2. The van der Waals surface area contributed by atoms with Gasteiger partial charge in [0.25, 0.3) is 5.91 Å². The molecule has 2 aromatic rings. The van der Waals surface area contributed by atoms with Crippen LogP contribution >= 0.6 is 0 Å². The Hall–Kier alpha value is -2.83. The lowest BCUT2D eigenvalue weighted by Crippen LogP contribution is -2.47. The van der Waals surface area contributed by atoms with Crippen molar-refractivity contribution in [1.29, 1.82) is 0 Å². The normalized spacial score (nSPS) is 15.1. The minimum absolute atomic E-state index is 0.0854. The van der Waals surface area contributed by atoms with Crippen LogP contribution in [0.25, 0.3) is 0 Å². The van der Waals surface area contributed by atoms with Crippen molar-refractivity contribution < 1.29 is 14.0 Å². The Bertz CT molecular complexity index is 735. The topological polar surface area (TPSA) is 87.5 Å². The third kappa shape index (κ3) is 4.22. The smallest absolute Gasteiger partial charge is 0.287 e. The van der Waals surface area contributed by atoms with E-state index in [-0.39, 0.29) is 17.6 Å². The molecule has 1 fully saturated rings. The zero-order chi connectivity index (χ0) is 18.5. The molecule has 1 aliphatic heterocycles. The molecule has 2 N–H and O–H groups in total. The number of nitrogens with one attached hydrogen (secondary N) is 2. The largest absolute Gasteiger partial charge is 0.459 e. The van der Waals surface area contributed by atoms with Gasteiger partial charge in [-0.2, -0.15) is 0 Å². The van der Waals surface area contributed by atoms with E-state index in [4.69, 9.17) is 4.42 Å². The van der Waals surface area contributed by atoms with Crippen LogP contribution < -0.4 is 15.5 Å². The van der Waals surface area contributed by atoms with E-state index in [1.54, 1.807) is 24.4 Å². The quantitative estimate of drug-likeness (QED) is 0.831. The van der Waals surface area contributed by atoms with Crippen molar-refractivity contribution in [3.8, 4) is 0 Å². The van der Waals surface area contributed by atoms with Crippen molar-refractivity contribution in [2.75, 3.05) is 23.3 Å². The van der Waals surface area contributed by atoms with Gasteiger partial charge in [0, 0.05) is 13.1 Å². The predicted molar refractivity (Wildman–Crippen MR) is 99.1 cm³/mol. The van der Waals surface area contributed by atoms with Crippen molar-refractivity contribution in [3.63, 3.8) is 0 Å². The first-order valence-electron chi connectivity index (χ1n) is 8.91. The van der Waals surface area contributed by atoms with Gasteiger partial charge in [-0.1, -0.05) is 13.8 Å². The van der Waals surface area contributed by atoms with Crippen LogP contribution in [-0.4, -0.2) is 35.9 Å².